The largest absolute Gasteiger partial charge is 0.444 e. The highest BCUT2D eigenvalue weighted by molar-refractivity contribution is 6.32. The Balaban J connectivity index is 2.85. The van der Waals surface area contributed by atoms with Crippen molar-refractivity contribution in [2.45, 2.75) is 32.7 Å². The molecule has 1 aromatic rings. The number of hydrogen-bond donors (Lipinski definition) is 2. The summed E-state index contributed by atoms with van der Waals surface area (Å²) in [5, 5.41) is 12.1. The van der Waals surface area contributed by atoms with Gasteiger partial charge in [-0.3, -0.25) is 5.32 Å². The average molecular weight is 289 g/mol. The van der Waals surface area contributed by atoms with Crippen molar-refractivity contribution in [3.63, 3.8) is 0 Å². The number of amides is 1. The number of aromatic nitrogens is 1. The van der Waals surface area contributed by atoms with Crippen LogP contribution in [0.2, 0.25) is 5.15 Å². The Kier molecular flexibility index (Phi) is 5.11. The summed E-state index contributed by atoms with van der Waals surface area (Å²) in [4.78, 5) is 15.5. The number of nitrogens with one attached hydrogen (secondary N) is 1. The molecular weight excluding hydrogens is 272 g/mol. The van der Waals surface area contributed by atoms with Crippen molar-refractivity contribution in [3.8, 4) is 0 Å². The Hall–Kier alpha value is -1.37. The zero-order chi connectivity index (χ0) is 14.6. The first kappa shape index (κ1) is 15.7. The SMILES string of the molecule is COC(O)c1cnc(Cl)c(NC(=O)OC(C)(C)C)c1. The van der Waals surface area contributed by atoms with Crippen molar-refractivity contribution in [1.82, 2.24) is 4.98 Å². The molecule has 1 amide bonds. The maximum atomic E-state index is 11.6. The van der Waals surface area contributed by atoms with Gasteiger partial charge in [0.15, 0.2) is 11.4 Å². The molecule has 0 spiro atoms. The van der Waals surface area contributed by atoms with Crippen LogP contribution in [0.1, 0.15) is 32.6 Å². The molecule has 2 N–H and O–H groups in total. The van der Waals surface area contributed by atoms with Gasteiger partial charge in [0.1, 0.15) is 5.60 Å². The zero-order valence-electron chi connectivity index (χ0n) is 11.2. The fourth-order valence-electron chi connectivity index (χ4n) is 1.24. The first-order valence-electron chi connectivity index (χ1n) is 5.59. The number of carbonyl (C=O) groups excluding carboxylic acids is 1. The number of pyridine rings is 1. The van der Waals surface area contributed by atoms with E-state index in [9.17, 15) is 9.90 Å². The molecule has 19 heavy (non-hydrogen) atoms. The number of anilines is 1. The molecule has 0 radical (unpaired) electrons. The minimum atomic E-state index is -1.14. The van der Waals surface area contributed by atoms with Crippen molar-refractivity contribution < 1.29 is 19.4 Å². The summed E-state index contributed by atoms with van der Waals surface area (Å²) in [5.41, 5.74) is -0.00402. The quantitative estimate of drug-likeness (QED) is 0.660. The van der Waals surface area contributed by atoms with E-state index in [0.29, 0.717) is 5.56 Å². The van der Waals surface area contributed by atoms with Crippen LogP contribution in [-0.4, -0.2) is 28.9 Å². The number of aliphatic hydroxyl groups excluding tert-OH is 1. The third kappa shape index (κ3) is 5.02. The van der Waals surface area contributed by atoms with Gasteiger partial charge in [-0.25, -0.2) is 9.78 Å². The van der Waals surface area contributed by atoms with Gasteiger partial charge in [0.25, 0.3) is 0 Å². The van der Waals surface area contributed by atoms with Gasteiger partial charge in [-0.15, -0.1) is 0 Å². The molecular formula is C12H17ClN2O4. The summed E-state index contributed by atoms with van der Waals surface area (Å²) in [7, 11) is 1.35. The summed E-state index contributed by atoms with van der Waals surface area (Å²) in [6.45, 7) is 5.24. The first-order chi connectivity index (χ1) is 8.73. The molecule has 106 valence electrons. The molecule has 0 aliphatic rings. The molecule has 1 unspecified atom stereocenters. The number of rotatable bonds is 3. The summed E-state index contributed by atoms with van der Waals surface area (Å²) >= 11 is 5.86. The second kappa shape index (κ2) is 6.18. The van der Waals surface area contributed by atoms with Crippen LogP contribution >= 0.6 is 11.6 Å². The molecule has 7 heteroatoms. The van der Waals surface area contributed by atoms with Crippen LogP contribution in [-0.2, 0) is 9.47 Å². The predicted molar refractivity (Wildman–Crippen MR) is 71.1 cm³/mol. The molecule has 0 saturated heterocycles. The zero-order valence-corrected chi connectivity index (χ0v) is 12.0. The van der Waals surface area contributed by atoms with Crippen LogP contribution in [0.4, 0.5) is 10.5 Å². The molecule has 0 saturated carbocycles. The molecule has 1 aromatic heterocycles. The van der Waals surface area contributed by atoms with Crippen molar-refractivity contribution >= 4 is 23.4 Å². The Morgan fingerprint density at radius 2 is 2.16 bits per heavy atom. The number of methoxy groups -OCH3 is 1. The Bertz CT molecular complexity index is 460. The predicted octanol–water partition coefficient (Wildman–Crippen LogP) is 2.72. The second-order valence-electron chi connectivity index (χ2n) is 4.82. The van der Waals surface area contributed by atoms with Crippen molar-refractivity contribution in [1.29, 1.82) is 0 Å². The van der Waals surface area contributed by atoms with Gasteiger partial charge < -0.3 is 14.6 Å². The first-order valence-corrected chi connectivity index (χ1v) is 5.97. The monoisotopic (exact) mass is 288 g/mol. The number of nitrogens with zero attached hydrogens (tertiary/aromatic N) is 1. The summed E-state index contributed by atoms with van der Waals surface area (Å²) in [6, 6.07) is 1.47. The van der Waals surface area contributed by atoms with Gasteiger partial charge in [0, 0.05) is 18.9 Å². The molecule has 0 aliphatic heterocycles. The van der Waals surface area contributed by atoms with Crippen molar-refractivity contribution in [3.05, 3.63) is 23.0 Å². The molecule has 1 atom stereocenters. The summed E-state index contributed by atoms with van der Waals surface area (Å²) < 4.78 is 9.84. The average Bonchev–Trinajstić information content (AvgIpc) is 2.28. The smallest absolute Gasteiger partial charge is 0.412 e. The van der Waals surface area contributed by atoms with E-state index in [4.69, 9.17) is 21.1 Å². The number of aliphatic hydroxyl groups is 1. The van der Waals surface area contributed by atoms with Gasteiger partial charge in [-0.2, -0.15) is 0 Å². The molecule has 6 nitrogen and oxygen atoms in total. The maximum absolute atomic E-state index is 11.6. The number of ether oxygens (including phenoxy) is 2. The minimum absolute atomic E-state index is 0.0953. The number of carbonyl (C=O) groups is 1. The van der Waals surface area contributed by atoms with Crippen LogP contribution in [0.25, 0.3) is 0 Å². The van der Waals surface area contributed by atoms with E-state index in [1.165, 1.54) is 19.4 Å². The maximum Gasteiger partial charge on any atom is 0.412 e. The van der Waals surface area contributed by atoms with E-state index < -0.39 is 18.0 Å². The van der Waals surface area contributed by atoms with E-state index in [1.807, 2.05) is 0 Å². The fourth-order valence-corrected chi connectivity index (χ4v) is 1.39. The number of hydrogen-bond acceptors (Lipinski definition) is 5. The lowest BCUT2D eigenvalue weighted by Crippen LogP contribution is -2.27. The fraction of sp³-hybridized carbons (Fsp3) is 0.500. The highest BCUT2D eigenvalue weighted by atomic mass is 35.5. The third-order valence-electron chi connectivity index (χ3n) is 2.00. The van der Waals surface area contributed by atoms with E-state index in [1.54, 1.807) is 20.8 Å². The van der Waals surface area contributed by atoms with Crippen LogP contribution in [0.3, 0.4) is 0 Å². The minimum Gasteiger partial charge on any atom is -0.444 e. The Morgan fingerprint density at radius 1 is 1.53 bits per heavy atom. The lowest BCUT2D eigenvalue weighted by Gasteiger charge is -2.20. The molecule has 0 aromatic carbocycles. The van der Waals surface area contributed by atoms with Gasteiger partial charge in [-0.05, 0) is 26.8 Å². The molecule has 0 aliphatic carbocycles. The van der Waals surface area contributed by atoms with Crippen LogP contribution in [0, 0.1) is 0 Å². The van der Waals surface area contributed by atoms with Gasteiger partial charge >= 0.3 is 6.09 Å². The summed E-state index contributed by atoms with van der Waals surface area (Å²) in [5.74, 6) is 0. The van der Waals surface area contributed by atoms with E-state index in [-0.39, 0.29) is 10.8 Å². The highest BCUT2D eigenvalue weighted by Crippen LogP contribution is 2.24. The molecule has 0 fully saturated rings. The Morgan fingerprint density at radius 3 is 2.68 bits per heavy atom. The van der Waals surface area contributed by atoms with Crippen LogP contribution in [0.5, 0.6) is 0 Å². The van der Waals surface area contributed by atoms with Crippen LogP contribution in [0.15, 0.2) is 12.3 Å². The lowest BCUT2D eigenvalue weighted by atomic mass is 10.2. The van der Waals surface area contributed by atoms with Crippen LogP contribution < -0.4 is 5.32 Å². The summed E-state index contributed by atoms with van der Waals surface area (Å²) in [6.07, 6.45) is -0.430. The molecule has 1 rings (SSSR count). The number of halogens is 1. The van der Waals surface area contributed by atoms with E-state index >= 15 is 0 Å². The standard InChI is InChI=1S/C12H17ClN2O4/c1-12(2,3)19-11(17)15-8-5-7(10(16)18-4)6-14-9(8)13/h5-6,10,16H,1-4H3,(H,15,17). The van der Waals surface area contributed by atoms with Gasteiger partial charge in [-0.1, -0.05) is 11.6 Å². The van der Waals surface area contributed by atoms with Crippen molar-refractivity contribution in [2.24, 2.45) is 0 Å². The van der Waals surface area contributed by atoms with E-state index in [2.05, 4.69) is 10.3 Å². The molecule has 1 heterocycles. The van der Waals surface area contributed by atoms with Gasteiger partial charge in [0.05, 0.1) is 5.69 Å². The third-order valence-corrected chi connectivity index (χ3v) is 2.31. The van der Waals surface area contributed by atoms with Crippen molar-refractivity contribution in [2.75, 3.05) is 12.4 Å². The van der Waals surface area contributed by atoms with Gasteiger partial charge in [0.2, 0.25) is 0 Å². The topological polar surface area (TPSA) is 80.7 Å². The lowest BCUT2D eigenvalue weighted by molar-refractivity contribution is -0.0771. The highest BCUT2D eigenvalue weighted by Gasteiger charge is 2.18. The second-order valence-corrected chi connectivity index (χ2v) is 5.18. The normalized spacial score (nSPS) is 12.9. The molecule has 0 bridgehead atoms. The van der Waals surface area contributed by atoms with E-state index in [0.717, 1.165) is 0 Å². The Labute approximate surface area is 116 Å².